The number of hydrogen-bond donors (Lipinski definition) is 0. The van der Waals surface area contributed by atoms with Crippen molar-refractivity contribution in [2.45, 2.75) is 234 Å². The zero-order chi connectivity index (χ0) is 47.0. The van der Waals surface area contributed by atoms with Crippen LogP contribution < -0.4 is 0 Å². The third-order valence-electron chi connectivity index (χ3n) is 13.9. The summed E-state index contributed by atoms with van der Waals surface area (Å²) in [5, 5.41) is 0. The monoisotopic (exact) mass is 943 g/mol. The van der Waals surface area contributed by atoms with Crippen molar-refractivity contribution in [1.82, 2.24) is 9.80 Å². The van der Waals surface area contributed by atoms with Crippen molar-refractivity contribution >= 4 is 57.2 Å². The van der Waals surface area contributed by atoms with Gasteiger partial charge in [0.25, 0.3) is 11.8 Å². The van der Waals surface area contributed by atoms with Crippen molar-refractivity contribution < 1.29 is 9.59 Å². The predicted octanol–water partition coefficient (Wildman–Crippen LogP) is 18.6. The lowest BCUT2D eigenvalue weighted by atomic mass is 9.93. The van der Waals surface area contributed by atoms with Crippen LogP contribution in [0.2, 0.25) is 0 Å². The van der Waals surface area contributed by atoms with Crippen LogP contribution in [0.5, 0.6) is 0 Å². The summed E-state index contributed by atoms with van der Waals surface area (Å²) in [6, 6.07) is 13.5. The average Bonchev–Trinajstić information content (AvgIpc) is 4.12. The van der Waals surface area contributed by atoms with Gasteiger partial charge in [-0.15, -0.1) is 34.0 Å². The Hall–Kier alpha value is -2.48. The molecule has 2 unspecified atom stereocenters. The van der Waals surface area contributed by atoms with Gasteiger partial charge in [0, 0.05) is 32.6 Å². The Bertz CT molecular complexity index is 1980. The molecule has 2 amide bonds. The molecule has 65 heavy (non-hydrogen) atoms. The molecule has 3 aromatic heterocycles. The number of amides is 2. The predicted molar refractivity (Wildman–Crippen MR) is 287 cm³/mol. The van der Waals surface area contributed by atoms with E-state index in [1.54, 1.807) is 22.7 Å². The smallest absolute Gasteiger partial charge is 0.261 e. The molecule has 0 saturated carbocycles. The summed E-state index contributed by atoms with van der Waals surface area (Å²) < 4.78 is 0. The van der Waals surface area contributed by atoms with Gasteiger partial charge in [0.05, 0.1) is 32.3 Å². The molecule has 3 aromatic rings. The van der Waals surface area contributed by atoms with Gasteiger partial charge in [0.2, 0.25) is 0 Å². The molecule has 0 aromatic carbocycles. The Labute approximate surface area is 410 Å². The average molecular weight is 944 g/mol. The normalized spacial score (nSPS) is 15.7. The summed E-state index contributed by atoms with van der Waals surface area (Å²) in [6.07, 6.45) is 29.7. The van der Waals surface area contributed by atoms with Crippen LogP contribution in [0.4, 0.5) is 0 Å². The molecule has 0 saturated heterocycles. The quantitative estimate of drug-likeness (QED) is 0.0603. The second-order valence-corrected chi connectivity index (χ2v) is 25.1. The van der Waals surface area contributed by atoms with E-state index in [1.165, 1.54) is 148 Å². The number of thiophene rings is 3. The molecule has 0 fully saturated rings. The minimum atomic E-state index is -0.0275. The minimum absolute atomic E-state index is 0.0275. The highest BCUT2D eigenvalue weighted by atomic mass is 32.1. The van der Waals surface area contributed by atoms with Crippen LogP contribution >= 0.6 is 34.0 Å². The van der Waals surface area contributed by atoms with Crippen LogP contribution in [0.1, 0.15) is 243 Å². The van der Waals surface area contributed by atoms with Crippen molar-refractivity contribution in [2.75, 3.05) is 13.1 Å². The van der Waals surface area contributed by atoms with Gasteiger partial charge in [0.15, 0.2) is 0 Å². The summed E-state index contributed by atoms with van der Waals surface area (Å²) >= 11 is 5.42. The van der Waals surface area contributed by atoms with Gasteiger partial charge in [-0.1, -0.05) is 198 Å². The standard InChI is InChI=1S/C58H90N2O2S3/c1-11-15-19-23-25-29-33-43(31-27-21-17-13-3)41-59-53(47-36-35-45(63-47)46-37-39-49(64-46)57(5,6)7)51-52(56(59)62)54(48-38-40-50(65-48)58(8,9)10)60(55(51)61)42-44(32-28-22-18-14-4)34-30-26-24-20-16-12-2/h35-40,43-44H,11-34,41-42H2,1-10H3. The fourth-order valence-electron chi connectivity index (χ4n) is 9.91. The van der Waals surface area contributed by atoms with Gasteiger partial charge in [-0.05, 0) is 84.7 Å². The van der Waals surface area contributed by atoms with E-state index < -0.39 is 0 Å². The molecule has 0 N–H and O–H groups in total. The molecule has 0 radical (unpaired) electrons. The second-order valence-electron chi connectivity index (χ2n) is 21.8. The molecule has 2 atom stereocenters. The Morgan fingerprint density at radius 2 is 0.692 bits per heavy atom. The number of nitrogens with zero attached hydrogens (tertiary/aromatic N) is 2. The zero-order valence-corrected chi connectivity index (χ0v) is 45.4. The summed E-state index contributed by atoms with van der Waals surface area (Å²) in [5.41, 5.74) is 3.15. The fourth-order valence-corrected chi connectivity index (χ4v) is 13.3. The number of fused-ring (bicyclic) bond motifs is 1. The first-order valence-electron chi connectivity index (χ1n) is 26.7. The maximum atomic E-state index is 15.7. The third kappa shape index (κ3) is 15.0. The van der Waals surface area contributed by atoms with Crippen molar-refractivity contribution in [3.05, 3.63) is 67.1 Å². The Morgan fingerprint density at radius 3 is 1.08 bits per heavy atom. The van der Waals surface area contributed by atoms with Gasteiger partial charge in [-0.3, -0.25) is 9.59 Å². The number of carbonyl (C=O) groups excluding carboxylic acids is 2. The summed E-state index contributed by atoms with van der Waals surface area (Å²) in [7, 11) is 0. The van der Waals surface area contributed by atoms with Gasteiger partial charge in [-0.25, -0.2) is 0 Å². The van der Waals surface area contributed by atoms with Crippen LogP contribution in [0.25, 0.3) is 21.1 Å². The van der Waals surface area contributed by atoms with E-state index in [4.69, 9.17) is 0 Å². The van der Waals surface area contributed by atoms with Gasteiger partial charge < -0.3 is 9.80 Å². The summed E-state index contributed by atoms with van der Waals surface area (Å²) in [5.74, 6) is 0.897. The molecule has 5 rings (SSSR count). The van der Waals surface area contributed by atoms with Crippen molar-refractivity contribution in [3.8, 4) is 9.75 Å². The largest absolute Gasteiger partial charge is 0.306 e. The van der Waals surface area contributed by atoms with Gasteiger partial charge in [0.1, 0.15) is 0 Å². The number of carbonyl (C=O) groups is 2. The SMILES string of the molecule is CCCCCCCCC(CCCCCC)CN1C(=O)C2=C(c3ccc(C(C)(C)C)s3)N(CC(CCCCCC)CCCCCCCC)C(=O)C2=C1c1ccc(-c2ccc(C(C)(C)C)s2)s1. The first kappa shape index (κ1) is 53.5. The minimum Gasteiger partial charge on any atom is -0.306 e. The highest BCUT2D eigenvalue weighted by Gasteiger charge is 2.50. The highest BCUT2D eigenvalue weighted by molar-refractivity contribution is 7.22. The molecule has 7 heteroatoms. The van der Waals surface area contributed by atoms with Crippen molar-refractivity contribution in [3.63, 3.8) is 0 Å². The first-order valence-corrected chi connectivity index (χ1v) is 29.1. The van der Waals surface area contributed by atoms with E-state index in [1.807, 2.05) is 11.3 Å². The van der Waals surface area contributed by atoms with E-state index in [-0.39, 0.29) is 22.6 Å². The summed E-state index contributed by atoms with van der Waals surface area (Å²) in [4.78, 5) is 42.8. The molecular formula is C58H90N2O2S3. The van der Waals surface area contributed by atoms with E-state index >= 15 is 9.59 Å². The molecule has 2 aliphatic heterocycles. The van der Waals surface area contributed by atoms with E-state index in [0.717, 1.165) is 46.8 Å². The molecule has 5 heterocycles. The molecule has 4 nitrogen and oxygen atoms in total. The topological polar surface area (TPSA) is 40.6 Å². The number of rotatable bonds is 31. The molecule has 2 aliphatic rings. The third-order valence-corrected chi connectivity index (χ3v) is 18.2. The lowest BCUT2D eigenvalue weighted by molar-refractivity contribution is -0.124. The van der Waals surface area contributed by atoms with Crippen molar-refractivity contribution in [2.24, 2.45) is 11.8 Å². The van der Waals surface area contributed by atoms with Gasteiger partial charge >= 0.3 is 0 Å². The lowest BCUT2D eigenvalue weighted by Gasteiger charge is -2.29. The maximum Gasteiger partial charge on any atom is 0.261 e. The van der Waals surface area contributed by atoms with E-state index in [9.17, 15) is 0 Å². The van der Waals surface area contributed by atoms with E-state index in [0.29, 0.717) is 36.1 Å². The van der Waals surface area contributed by atoms with Crippen LogP contribution in [-0.2, 0) is 20.4 Å². The lowest BCUT2D eigenvalue weighted by Crippen LogP contribution is -2.34. The Balaban J connectivity index is 1.61. The van der Waals surface area contributed by atoms with Crippen LogP contribution in [0, 0.1) is 11.8 Å². The number of hydrogen-bond acceptors (Lipinski definition) is 5. The molecule has 0 aliphatic carbocycles. The molecule has 0 bridgehead atoms. The highest BCUT2D eigenvalue weighted by Crippen LogP contribution is 2.51. The first-order chi connectivity index (χ1) is 31.2. The van der Waals surface area contributed by atoms with Crippen LogP contribution in [0.3, 0.4) is 0 Å². The zero-order valence-electron chi connectivity index (χ0n) is 42.9. The number of unbranched alkanes of at least 4 members (excludes halogenated alkanes) is 16. The van der Waals surface area contributed by atoms with Crippen molar-refractivity contribution in [1.29, 1.82) is 0 Å². The fraction of sp³-hybridized carbons (Fsp3) is 0.690. The Kier molecular flexibility index (Phi) is 21.7. The Morgan fingerprint density at radius 1 is 0.400 bits per heavy atom. The van der Waals surface area contributed by atoms with Crippen LogP contribution in [0.15, 0.2) is 47.5 Å². The van der Waals surface area contributed by atoms with Gasteiger partial charge in [-0.2, -0.15) is 0 Å². The maximum absolute atomic E-state index is 15.7. The molecule has 0 spiro atoms. The molecule has 362 valence electrons. The summed E-state index contributed by atoms with van der Waals surface area (Å²) in [6.45, 7) is 24.2. The van der Waals surface area contributed by atoms with Crippen LogP contribution in [-0.4, -0.2) is 34.7 Å². The van der Waals surface area contributed by atoms with E-state index in [2.05, 4.69) is 115 Å². The second kappa shape index (κ2) is 26.3. The molecular weight excluding hydrogens is 853 g/mol.